The maximum Gasteiger partial charge on any atom is 0.179 e. The number of ketones is 1. The lowest BCUT2D eigenvalue weighted by molar-refractivity contribution is 0.0789. The van der Waals surface area contributed by atoms with Crippen LogP contribution >= 0.6 is 0 Å². The predicted molar refractivity (Wildman–Crippen MR) is 81.8 cm³/mol. The van der Waals surface area contributed by atoms with Gasteiger partial charge in [0, 0.05) is 11.6 Å². The average Bonchev–Trinajstić information content (AvgIpc) is 2.37. The molecule has 1 atom stereocenters. The fourth-order valence-corrected chi connectivity index (χ4v) is 2.44. The van der Waals surface area contributed by atoms with Gasteiger partial charge in [-0.1, -0.05) is 19.1 Å². The average molecular weight is 261 g/mol. The fraction of sp³-hybridized carbons (Fsp3) is 0.588. The highest BCUT2D eigenvalue weighted by Gasteiger charge is 2.23. The van der Waals surface area contributed by atoms with Crippen LogP contribution in [0.3, 0.4) is 0 Å². The highest BCUT2D eigenvalue weighted by atomic mass is 16.1. The van der Waals surface area contributed by atoms with Crippen molar-refractivity contribution in [2.75, 3.05) is 6.54 Å². The summed E-state index contributed by atoms with van der Waals surface area (Å²) in [5.74, 6) is 0.227. The number of nitrogens with zero attached hydrogens (tertiary/aromatic N) is 1. The van der Waals surface area contributed by atoms with Crippen LogP contribution in [-0.4, -0.2) is 29.3 Å². The van der Waals surface area contributed by atoms with E-state index in [4.69, 9.17) is 0 Å². The number of benzene rings is 1. The van der Waals surface area contributed by atoms with Gasteiger partial charge in [-0.25, -0.2) is 0 Å². The van der Waals surface area contributed by atoms with Gasteiger partial charge in [0.2, 0.25) is 0 Å². The molecule has 1 aromatic rings. The SMILES string of the molecule is CCCN(C(C)C)C(C)C(=O)c1ccc(C)c(C)c1. The highest BCUT2D eigenvalue weighted by molar-refractivity contribution is 6.00. The molecule has 19 heavy (non-hydrogen) atoms. The van der Waals surface area contributed by atoms with Crippen molar-refractivity contribution in [1.29, 1.82) is 0 Å². The van der Waals surface area contributed by atoms with Crippen molar-refractivity contribution in [3.8, 4) is 0 Å². The standard InChI is InChI=1S/C17H27NO/c1-7-10-18(12(2)3)15(6)17(19)16-9-8-13(4)14(5)11-16/h8-9,11-12,15H,7,10H2,1-6H3. The lowest BCUT2D eigenvalue weighted by atomic mass is 9.99. The number of rotatable bonds is 6. The summed E-state index contributed by atoms with van der Waals surface area (Å²) in [5, 5.41) is 0. The highest BCUT2D eigenvalue weighted by Crippen LogP contribution is 2.16. The van der Waals surface area contributed by atoms with Crippen LogP contribution in [0.15, 0.2) is 18.2 Å². The van der Waals surface area contributed by atoms with Crippen LogP contribution in [0.25, 0.3) is 0 Å². The van der Waals surface area contributed by atoms with Gasteiger partial charge in [0.15, 0.2) is 5.78 Å². The first-order chi connectivity index (χ1) is 8.88. The zero-order valence-corrected chi connectivity index (χ0v) is 13.2. The second kappa shape index (κ2) is 6.85. The Morgan fingerprint density at radius 2 is 1.79 bits per heavy atom. The lowest BCUT2D eigenvalue weighted by Gasteiger charge is -2.31. The van der Waals surface area contributed by atoms with Crippen molar-refractivity contribution < 1.29 is 4.79 Å². The van der Waals surface area contributed by atoms with Crippen molar-refractivity contribution in [3.05, 3.63) is 34.9 Å². The Kier molecular flexibility index (Phi) is 5.74. The van der Waals surface area contributed by atoms with Crippen LogP contribution in [0.1, 0.15) is 55.6 Å². The van der Waals surface area contributed by atoms with Gasteiger partial charge in [-0.05, 0) is 64.8 Å². The molecule has 1 aromatic carbocycles. The van der Waals surface area contributed by atoms with Gasteiger partial charge in [0.05, 0.1) is 6.04 Å². The minimum Gasteiger partial charge on any atom is -0.292 e. The van der Waals surface area contributed by atoms with E-state index >= 15 is 0 Å². The summed E-state index contributed by atoms with van der Waals surface area (Å²) in [6.45, 7) is 13.6. The van der Waals surface area contributed by atoms with Gasteiger partial charge in [-0.15, -0.1) is 0 Å². The molecule has 0 amide bonds. The van der Waals surface area contributed by atoms with E-state index in [1.807, 2.05) is 25.1 Å². The van der Waals surface area contributed by atoms with Crippen molar-refractivity contribution in [2.45, 2.75) is 60.0 Å². The molecule has 0 saturated heterocycles. The van der Waals surface area contributed by atoms with Crippen LogP contribution in [0.4, 0.5) is 0 Å². The van der Waals surface area contributed by atoms with Crippen molar-refractivity contribution in [3.63, 3.8) is 0 Å². The normalized spacial score (nSPS) is 13.1. The van der Waals surface area contributed by atoms with E-state index in [0.717, 1.165) is 18.5 Å². The van der Waals surface area contributed by atoms with Gasteiger partial charge in [0.1, 0.15) is 0 Å². The van der Waals surface area contributed by atoms with E-state index in [2.05, 4.69) is 39.5 Å². The molecular formula is C17H27NO. The summed E-state index contributed by atoms with van der Waals surface area (Å²) in [6, 6.07) is 6.34. The third-order valence-electron chi connectivity index (χ3n) is 3.81. The molecule has 0 spiro atoms. The Morgan fingerprint density at radius 1 is 1.16 bits per heavy atom. The molecule has 2 nitrogen and oxygen atoms in total. The van der Waals surface area contributed by atoms with Gasteiger partial charge in [0.25, 0.3) is 0 Å². The van der Waals surface area contributed by atoms with E-state index in [1.165, 1.54) is 11.1 Å². The summed E-state index contributed by atoms with van der Waals surface area (Å²) in [6.07, 6.45) is 1.07. The smallest absolute Gasteiger partial charge is 0.179 e. The summed E-state index contributed by atoms with van der Waals surface area (Å²) in [5.41, 5.74) is 3.25. The molecule has 0 aromatic heterocycles. The van der Waals surface area contributed by atoms with Gasteiger partial charge in [-0.2, -0.15) is 0 Å². The number of hydrogen-bond donors (Lipinski definition) is 0. The number of carbonyl (C=O) groups excluding carboxylic acids is 1. The minimum atomic E-state index is -0.0537. The molecular weight excluding hydrogens is 234 g/mol. The number of carbonyl (C=O) groups is 1. The van der Waals surface area contributed by atoms with Crippen molar-refractivity contribution >= 4 is 5.78 Å². The van der Waals surface area contributed by atoms with E-state index < -0.39 is 0 Å². The molecule has 0 bridgehead atoms. The fourth-order valence-electron chi connectivity index (χ4n) is 2.44. The molecule has 0 heterocycles. The molecule has 2 heteroatoms. The molecule has 0 aliphatic rings. The molecule has 1 rings (SSSR count). The third-order valence-corrected chi connectivity index (χ3v) is 3.81. The van der Waals surface area contributed by atoms with Crippen LogP contribution < -0.4 is 0 Å². The van der Waals surface area contributed by atoms with Gasteiger partial charge >= 0.3 is 0 Å². The Bertz CT molecular complexity index is 437. The maximum absolute atomic E-state index is 12.6. The van der Waals surface area contributed by atoms with Crippen molar-refractivity contribution in [2.24, 2.45) is 0 Å². The summed E-state index contributed by atoms with van der Waals surface area (Å²) < 4.78 is 0. The van der Waals surface area contributed by atoms with Crippen LogP contribution in [0.5, 0.6) is 0 Å². The van der Waals surface area contributed by atoms with Crippen molar-refractivity contribution in [1.82, 2.24) is 4.90 Å². The van der Waals surface area contributed by atoms with E-state index in [9.17, 15) is 4.79 Å². The van der Waals surface area contributed by atoms with Crippen LogP contribution in [-0.2, 0) is 0 Å². The Morgan fingerprint density at radius 3 is 2.26 bits per heavy atom. The minimum absolute atomic E-state index is 0.0537. The van der Waals surface area contributed by atoms with E-state index in [-0.39, 0.29) is 11.8 Å². The van der Waals surface area contributed by atoms with Gasteiger partial charge in [-0.3, -0.25) is 9.69 Å². The van der Waals surface area contributed by atoms with Crippen LogP contribution in [0.2, 0.25) is 0 Å². The molecule has 0 aliphatic carbocycles. The number of hydrogen-bond acceptors (Lipinski definition) is 2. The molecule has 0 aliphatic heterocycles. The number of Topliss-reactive ketones (excluding diaryl/α,β-unsaturated/α-hetero) is 1. The maximum atomic E-state index is 12.6. The number of aryl methyl sites for hydroxylation is 2. The summed E-state index contributed by atoms with van der Waals surface area (Å²) >= 11 is 0. The first-order valence-corrected chi connectivity index (χ1v) is 7.25. The Hall–Kier alpha value is -1.15. The van der Waals surface area contributed by atoms with Gasteiger partial charge < -0.3 is 0 Å². The second-order valence-corrected chi connectivity index (χ2v) is 5.67. The second-order valence-electron chi connectivity index (χ2n) is 5.67. The topological polar surface area (TPSA) is 20.3 Å². The molecule has 0 fully saturated rings. The third kappa shape index (κ3) is 3.90. The Balaban J connectivity index is 2.94. The predicted octanol–water partition coefficient (Wildman–Crippen LogP) is 4.00. The zero-order valence-electron chi connectivity index (χ0n) is 13.2. The first-order valence-electron chi connectivity index (χ1n) is 7.25. The quantitative estimate of drug-likeness (QED) is 0.722. The Labute approximate surface area is 117 Å². The molecule has 106 valence electrons. The summed E-state index contributed by atoms with van der Waals surface area (Å²) in [4.78, 5) is 14.9. The summed E-state index contributed by atoms with van der Waals surface area (Å²) in [7, 11) is 0. The van der Waals surface area contributed by atoms with E-state index in [0.29, 0.717) is 6.04 Å². The lowest BCUT2D eigenvalue weighted by Crippen LogP contribution is -2.43. The molecule has 1 unspecified atom stereocenters. The zero-order chi connectivity index (χ0) is 14.6. The largest absolute Gasteiger partial charge is 0.292 e. The first kappa shape index (κ1) is 15.9. The van der Waals surface area contributed by atoms with E-state index in [1.54, 1.807) is 0 Å². The monoisotopic (exact) mass is 261 g/mol. The van der Waals surface area contributed by atoms with Crippen LogP contribution in [0, 0.1) is 13.8 Å². The molecule has 0 saturated carbocycles. The molecule has 0 radical (unpaired) electrons. The molecule has 0 N–H and O–H groups in total.